The van der Waals surface area contributed by atoms with Gasteiger partial charge in [0.25, 0.3) is 0 Å². The van der Waals surface area contributed by atoms with Gasteiger partial charge in [0.2, 0.25) is 5.91 Å². The summed E-state index contributed by atoms with van der Waals surface area (Å²) in [6.07, 6.45) is 4.06. The van der Waals surface area contributed by atoms with Gasteiger partial charge in [-0.05, 0) is 11.6 Å². The van der Waals surface area contributed by atoms with Crippen molar-refractivity contribution in [3.05, 3.63) is 57.4 Å². The van der Waals surface area contributed by atoms with Crippen LogP contribution in [0.5, 0.6) is 0 Å². The Labute approximate surface area is 149 Å². The first-order chi connectivity index (χ1) is 11.4. The number of carbonyl (C=O) groups excluding carboxylic acids is 1. The van der Waals surface area contributed by atoms with Crippen molar-refractivity contribution in [2.75, 3.05) is 11.1 Å². The van der Waals surface area contributed by atoms with Crippen molar-refractivity contribution in [3.63, 3.8) is 0 Å². The van der Waals surface area contributed by atoms with Gasteiger partial charge in [0.1, 0.15) is 0 Å². The highest BCUT2D eigenvalue weighted by atomic mass is 35.5. The summed E-state index contributed by atoms with van der Waals surface area (Å²) in [6, 6.07) is 7.59. The molecule has 0 saturated carbocycles. The third kappa shape index (κ3) is 4.43. The Balaban J connectivity index is 1.57. The van der Waals surface area contributed by atoms with Crippen LogP contribution in [0, 0.1) is 5.92 Å². The van der Waals surface area contributed by atoms with E-state index in [4.69, 9.17) is 11.6 Å². The van der Waals surface area contributed by atoms with E-state index < -0.39 is 9.84 Å². The molecule has 1 unspecified atom stereocenters. The highest BCUT2D eigenvalue weighted by molar-refractivity contribution is 7.94. The Bertz CT molecular complexity index is 890. The number of rotatable bonds is 5. The van der Waals surface area contributed by atoms with Crippen LogP contribution in [0.2, 0.25) is 5.02 Å². The molecule has 0 saturated heterocycles. The average Bonchev–Trinajstić information content (AvgIpc) is 3.07. The fraction of sp³-hybridized carbons (Fsp3) is 0.250. The second kappa shape index (κ2) is 7.04. The van der Waals surface area contributed by atoms with Gasteiger partial charge in [-0.1, -0.05) is 35.9 Å². The largest absolute Gasteiger partial charge is 0.302 e. The van der Waals surface area contributed by atoms with Gasteiger partial charge in [-0.25, -0.2) is 13.4 Å². The normalized spacial score (nSPS) is 18.6. The zero-order valence-electron chi connectivity index (χ0n) is 12.6. The van der Waals surface area contributed by atoms with E-state index in [-0.39, 0.29) is 24.0 Å². The highest BCUT2D eigenvalue weighted by Gasteiger charge is 2.24. The first-order valence-electron chi connectivity index (χ1n) is 7.30. The number of benzene rings is 1. The molecule has 3 rings (SSSR count). The molecule has 0 aliphatic carbocycles. The summed E-state index contributed by atoms with van der Waals surface area (Å²) in [5.74, 6) is -0.506. The Hall–Kier alpha value is -1.70. The van der Waals surface area contributed by atoms with Gasteiger partial charge in [0, 0.05) is 40.3 Å². The average molecular weight is 383 g/mol. The molecule has 0 spiro atoms. The van der Waals surface area contributed by atoms with Crippen LogP contribution in [-0.4, -0.2) is 25.1 Å². The molecule has 0 bridgehead atoms. The van der Waals surface area contributed by atoms with Crippen molar-refractivity contribution in [2.24, 2.45) is 5.92 Å². The summed E-state index contributed by atoms with van der Waals surface area (Å²) < 4.78 is 22.7. The number of carbonyl (C=O) groups is 1. The smallest absolute Gasteiger partial charge is 0.226 e. The molecule has 8 heteroatoms. The van der Waals surface area contributed by atoms with Crippen molar-refractivity contribution in [1.29, 1.82) is 0 Å². The molecule has 1 atom stereocenters. The summed E-state index contributed by atoms with van der Waals surface area (Å²) in [4.78, 5) is 17.2. The third-order valence-corrected chi connectivity index (χ3v) is 6.32. The lowest BCUT2D eigenvalue weighted by Gasteiger charge is -2.05. The lowest BCUT2D eigenvalue weighted by atomic mass is 10.1. The number of hydrogen-bond acceptors (Lipinski definition) is 5. The van der Waals surface area contributed by atoms with E-state index in [1.165, 1.54) is 16.7 Å². The number of allylic oxidation sites excluding steroid dienone is 1. The van der Waals surface area contributed by atoms with Crippen molar-refractivity contribution in [2.45, 2.75) is 12.8 Å². The lowest BCUT2D eigenvalue weighted by Crippen LogP contribution is -2.17. The Kier molecular flexibility index (Phi) is 5.03. The maximum absolute atomic E-state index is 12.0. The molecule has 1 aliphatic heterocycles. The molecule has 126 valence electrons. The van der Waals surface area contributed by atoms with Gasteiger partial charge in [-0.3, -0.25) is 4.79 Å². The standard InChI is InChI=1S/C16H15ClN2O3S2/c17-14-4-2-1-3-12(14)8-13-9-18-16(23-13)19-15(20)7-11-5-6-24(21,22)10-11/h1-6,9,11H,7-8,10H2,(H,18,19,20). The molecule has 1 aliphatic rings. The number of amides is 1. The second-order valence-electron chi connectivity index (χ2n) is 5.57. The predicted octanol–water partition coefficient (Wildman–Crippen LogP) is 3.27. The SMILES string of the molecule is O=C(CC1C=CS(=O)(=O)C1)Nc1ncc(Cc2ccccc2Cl)s1. The van der Waals surface area contributed by atoms with E-state index in [1.54, 1.807) is 12.3 Å². The Morgan fingerprint density at radius 3 is 2.88 bits per heavy atom. The molecule has 24 heavy (non-hydrogen) atoms. The van der Waals surface area contributed by atoms with Crippen molar-refractivity contribution in [1.82, 2.24) is 4.98 Å². The molecule has 1 N–H and O–H groups in total. The van der Waals surface area contributed by atoms with Crippen LogP contribution < -0.4 is 5.32 Å². The zero-order valence-corrected chi connectivity index (χ0v) is 15.0. The maximum atomic E-state index is 12.0. The summed E-state index contributed by atoms with van der Waals surface area (Å²) >= 11 is 7.53. The topological polar surface area (TPSA) is 76.1 Å². The van der Waals surface area contributed by atoms with Gasteiger partial charge >= 0.3 is 0 Å². The molecule has 2 aromatic rings. The van der Waals surface area contributed by atoms with Crippen LogP contribution in [0.4, 0.5) is 5.13 Å². The summed E-state index contributed by atoms with van der Waals surface area (Å²) in [5, 5.41) is 5.11. The molecular formula is C16H15ClN2O3S2. The van der Waals surface area contributed by atoms with Crippen LogP contribution in [0.25, 0.3) is 0 Å². The van der Waals surface area contributed by atoms with Gasteiger partial charge in [0.05, 0.1) is 5.75 Å². The maximum Gasteiger partial charge on any atom is 0.226 e. The quantitative estimate of drug-likeness (QED) is 0.860. The van der Waals surface area contributed by atoms with Gasteiger partial charge in [-0.2, -0.15) is 0 Å². The number of aromatic nitrogens is 1. The van der Waals surface area contributed by atoms with Crippen LogP contribution >= 0.6 is 22.9 Å². The van der Waals surface area contributed by atoms with Crippen LogP contribution in [0.3, 0.4) is 0 Å². The number of hydrogen-bond donors (Lipinski definition) is 1. The number of nitrogens with zero attached hydrogens (tertiary/aromatic N) is 1. The van der Waals surface area contributed by atoms with Crippen LogP contribution in [-0.2, 0) is 21.1 Å². The van der Waals surface area contributed by atoms with Gasteiger partial charge in [-0.15, -0.1) is 11.3 Å². The molecular weight excluding hydrogens is 368 g/mol. The van der Waals surface area contributed by atoms with E-state index in [0.717, 1.165) is 10.4 Å². The minimum Gasteiger partial charge on any atom is -0.302 e. The fourth-order valence-corrected chi connectivity index (χ4v) is 4.90. The number of anilines is 1. The number of thiazole rings is 1. The number of sulfone groups is 1. The number of halogens is 1. The van der Waals surface area contributed by atoms with E-state index in [0.29, 0.717) is 16.6 Å². The molecule has 1 aromatic carbocycles. The van der Waals surface area contributed by atoms with Crippen molar-refractivity contribution >= 4 is 43.8 Å². The molecule has 2 heterocycles. The van der Waals surface area contributed by atoms with Gasteiger partial charge in [0.15, 0.2) is 15.0 Å². The highest BCUT2D eigenvalue weighted by Crippen LogP contribution is 2.25. The Morgan fingerprint density at radius 2 is 2.17 bits per heavy atom. The monoisotopic (exact) mass is 382 g/mol. The Morgan fingerprint density at radius 1 is 1.38 bits per heavy atom. The minimum atomic E-state index is -3.13. The van der Waals surface area contributed by atoms with Gasteiger partial charge < -0.3 is 5.32 Å². The molecule has 0 radical (unpaired) electrons. The van der Waals surface area contributed by atoms with Crippen molar-refractivity contribution < 1.29 is 13.2 Å². The lowest BCUT2D eigenvalue weighted by molar-refractivity contribution is -0.116. The van der Waals surface area contributed by atoms with E-state index >= 15 is 0 Å². The van der Waals surface area contributed by atoms with Crippen molar-refractivity contribution in [3.8, 4) is 0 Å². The van der Waals surface area contributed by atoms with E-state index in [1.807, 2.05) is 24.3 Å². The van der Waals surface area contributed by atoms with E-state index in [9.17, 15) is 13.2 Å². The van der Waals surface area contributed by atoms with Crippen LogP contribution in [0.15, 0.2) is 41.9 Å². The fourth-order valence-electron chi connectivity index (χ4n) is 2.45. The minimum absolute atomic E-state index is 0.00392. The first-order valence-corrected chi connectivity index (χ1v) is 10.2. The zero-order chi connectivity index (χ0) is 17.2. The summed E-state index contributed by atoms with van der Waals surface area (Å²) in [6.45, 7) is 0. The first kappa shape index (κ1) is 17.1. The third-order valence-electron chi connectivity index (χ3n) is 3.57. The summed E-state index contributed by atoms with van der Waals surface area (Å²) in [5.41, 5.74) is 1.00. The number of nitrogens with one attached hydrogen (secondary N) is 1. The molecule has 1 aromatic heterocycles. The van der Waals surface area contributed by atoms with E-state index in [2.05, 4.69) is 10.3 Å². The molecule has 1 amide bonds. The predicted molar refractivity (Wildman–Crippen MR) is 96.0 cm³/mol. The molecule has 5 nitrogen and oxygen atoms in total. The molecule has 0 fully saturated rings. The van der Waals surface area contributed by atoms with Crippen LogP contribution in [0.1, 0.15) is 16.9 Å². The summed E-state index contributed by atoms with van der Waals surface area (Å²) in [7, 11) is -3.13. The second-order valence-corrected chi connectivity index (χ2v) is 9.02.